The first-order valence-electron chi connectivity index (χ1n) is 10.8. The van der Waals surface area contributed by atoms with Crippen LogP contribution in [0.5, 0.6) is 11.5 Å². The third-order valence-electron chi connectivity index (χ3n) is 5.09. The van der Waals surface area contributed by atoms with Gasteiger partial charge in [0.05, 0.1) is 25.2 Å². The van der Waals surface area contributed by atoms with Crippen LogP contribution in [0.3, 0.4) is 0 Å². The molecule has 1 aliphatic rings. The number of hydrogen-bond acceptors (Lipinski definition) is 7. The number of esters is 1. The molecule has 0 radical (unpaired) electrons. The molecule has 0 fully saturated rings. The first-order valence-corrected chi connectivity index (χ1v) is 11.6. The van der Waals surface area contributed by atoms with E-state index in [1.165, 1.54) is 0 Å². The Bertz CT molecular complexity index is 1210. The molecule has 1 N–H and O–H groups in total. The number of carbonyl (C=O) groups is 2. The van der Waals surface area contributed by atoms with E-state index >= 15 is 0 Å². The summed E-state index contributed by atoms with van der Waals surface area (Å²) in [5.74, 6) is -0.376. The fourth-order valence-corrected chi connectivity index (χ4v) is 4.36. The molecule has 0 unspecified atom stereocenters. The van der Waals surface area contributed by atoms with E-state index < -0.39 is 11.9 Å². The number of aliphatic hydroxyl groups is 1. The molecular formula is C26H27NO6S. The minimum atomic E-state index is -0.742. The van der Waals surface area contributed by atoms with Crippen LogP contribution in [0, 0.1) is 13.8 Å². The van der Waals surface area contributed by atoms with E-state index in [-0.39, 0.29) is 23.0 Å². The predicted molar refractivity (Wildman–Crippen MR) is 134 cm³/mol. The number of aliphatic imine (C=N–C) groups is 1. The molecule has 0 saturated carbocycles. The average Bonchev–Trinajstić information content (AvgIpc) is 3.10. The lowest BCUT2D eigenvalue weighted by atomic mass is 10.1. The highest BCUT2D eigenvalue weighted by Crippen LogP contribution is 2.41. The zero-order valence-electron chi connectivity index (χ0n) is 19.8. The zero-order chi connectivity index (χ0) is 24.8. The van der Waals surface area contributed by atoms with E-state index in [0.717, 1.165) is 28.5 Å². The summed E-state index contributed by atoms with van der Waals surface area (Å²) in [6.45, 7) is 7.82. The predicted octanol–water partition coefficient (Wildman–Crippen LogP) is 5.41. The first-order chi connectivity index (χ1) is 16.3. The normalized spacial score (nSPS) is 15.7. The zero-order valence-corrected chi connectivity index (χ0v) is 20.6. The molecule has 178 valence electrons. The smallest absolute Gasteiger partial charge is 0.344 e. The number of rotatable bonds is 7. The fraction of sp³-hybridized carbons (Fsp3) is 0.269. The summed E-state index contributed by atoms with van der Waals surface area (Å²) < 4.78 is 16.2. The van der Waals surface area contributed by atoms with Crippen LogP contribution in [0.2, 0.25) is 0 Å². The maximum atomic E-state index is 12.9. The van der Waals surface area contributed by atoms with Crippen molar-refractivity contribution in [1.29, 1.82) is 0 Å². The van der Waals surface area contributed by atoms with Crippen LogP contribution in [-0.4, -0.2) is 42.4 Å². The quantitative estimate of drug-likeness (QED) is 0.528. The Morgan fingerprint density at radius 2 is 1.79 bits per heavy atom. The average molecular weight is 482 g/mol. The van der Waals surface area contributed by atoms with E-state index in [4.69, 9.17) is 14.2 Å². The Kier molecular flexibility index (Phi) is 8.17. The molecule has 1 amide bonds. The second-order valence-corrected chi connectivity index (χ2v) is 8.42. The van der Waals surface area contributed by atoms with Gasteiger partial charge in [-0.15, -0.1) is 0 Å². The number of amides is 1. The van der Waals surface area contributed by atoms with Gasteiger partial charge in [-0.1, -0.05) is 30.0 Å². The molecule has 0 aliphatic carbocycles. The molecule has 2 aromatic rings. The fourth-order valence-electron chi connectivity index (χ4n) is 3.36. The molecule has 0 atom stereocenters. The van der Waals surface area contributed by atoms with Gasteiger partial charge in [-0.2, -0.15) is 0 Å². The summed E-state index contributed by atoms with van der Waals surface area (Å²) >= 11 is 1.04. The van der Waals surface area contributed by atoms with Crippen LogP contribution in [0.4, 0.5) is 0 Å². The van der Waals surface area contributed by atoms with Crippen LogP contribution in [0.1, 0.15) is 40.9 Å². The van der Waals surface area contributed by atoms with Gasteiger partial charge < -0.3 is 19.3 Å². The van der Waals surface area contributed by atoms with Crippen molar-refractivity contribution in [2.75, 3.05) is 20.3 Å². The highest BCUT2D eigenvalue weighted by Gasteiger charge is 2.34. The van der Waals surface area contributed by atoms with Crippen LogP contribution in [-0.2, 0) is 9.53 Å². The molecule has 0 aromatic heterocycles. The molecular weight excluding hydrogens is 454 g/mol. The van der Waals surface area contributed by atoms with Gasteiger partial charge in [-0.05, 0) is 68.7 Å². The van der Waals surface area contributed by atoms with E-state index in [9.17, 15) is 14.7 Å². The minimum absolute atomic E-state index is 0.0895. The number of nitrogens with zero attached hydrogens (tertiary/aromatic N) is 1. The summed E-state index contributed by atoms with van der Waals surface area (Å²) in [5, 5.41) is 11.0. The van der Waals surface area contributed by atoms with E-state index in [0.29, 0.717) is 28.6 Å². The van der Waals surface area contributed by atoms with Gasteiger partial charge in [-0.3, -0.25) is 4.79 Å². The van der Waals surface area contributed by atoms with Crippen LogP contribution >= 0.6 is 11.8 Å². The van der Waals surface area contributed by atoms with E-state index in [1.54, 1.807) is 38.3 Å². The number of aliphatic hydroxyl groups excluding tert-OH is 1. The molecule has 0 saturated heterocycles. The number of thioether (sulfide) groups is 1. The van der Waals surface area contributed by atoms with Crippen molar-refractivity contribution in [3.8, 4) is 11.5 Å². The lowest BCUT2D eigenvalue weighted by Gasteiger charge is -2.12. The first kappa shape index (κ1) is 25.1. The Balaban J connectivity index is 2.08. The number of methoxy groups -OCH3 is 1. The van der Waals surface area contributed by atoms with Crippen molar-refractivity contribution in [2.45, 2.75) is 27.7 Å². The highest BCUT2D eigenvalue weighted by molar-refractivity contribution is 8.18. The number of benzene rings is 2. The molecule has 8 heteroatoms. The van der Waals surface area contributed by atoms with Crippen molar-refractivity contribution in [1.82, 2.24) is 0 Å². The van der Waals surface area contributed by atoms with E-state index in [2.05, 4.69) is 4.99 Å². The van der Waals surface area contributed by atoms with Crippen LogP contribution < -0.4 is 9.47 Å². The maximum absolute atomic E-state index is 12.9. The van der Waals surface area contributed by atoms with Gasteiger partial charge >= 0.3 is 5.97 Å². The number of ether oxygens (including phenoxy) is 3. The summed E-state index contributed by atoms with van der Waals surface area (Å²) in [4.78, 5) is 30.0. The van der Waals surface area contributed by atoms with Crippen molar-refractivity contribution in [3.05, 3.63) is 74.9 Å². The Labute approximate surface area is 203 Å². The summed E-state index contributed by atoms with van der Waals surface area (Å²) in [5.41, 5.74) is 2.69. The molecule has 34 heavy (non-hydrogen) atoms. The van der Waals surface area contributed by atoms with Gasteiger partial charge in [0.25, 0.3) is 5.91 Å². The standard InChI is InChI=1S/C26H27NO6S/c1-6-32-20-13-17(16(4)12-19(20)31-5)14-21-23(28)22(26(30)33-7-2)25(34-21)27-24(29)18-11-9-8-10-15(18)3/h8-14,28H,6-7H2,1-5H3/b21-14-,27-25?. The largest absolute Gasteiger partial charge is 0.506 e. The second-order valence-electron chi connectivity index (χ2n) is 7.38. The summed E-state index contributed by atoms with van der Waals surface area (Å²) in [6.07, 6.45) is 1.72. The van der Waals surface area contributed by atoms with Crippen LogP contribution in [0.25, 0.3) is 6.08 Å². The molecule has 2 aromatic carbocycles. The van der Waals surface area contributed by atoms with Gasteiger partial charge in [0.1, 0.15) is 16.4 Å². The maximum Gasteiger partial charge on any atom is 0.344 e. The third-order valence-corrected chi connectivity index (χ3v) is 6.11. The minimum Gasteiger partial charge on any atom is -0.506 e. The SMILES string of the molecule is CCOC(=O)C1=C(O)/C(=C/c2cc(OCC)c(OC)cc2C)SC1=NC(=O)c1ccccc1C. The third kappa shape index (κ3) is 5.34. The molecule has 3 rings (SSSR count). The van der Waals surface area contributed by atoms with Gasteiger partial charge in [0, 0.05) is 5.56 Å². The van der Waals surface area contributed by atoms with Crippen molar-refractivity contribution in [3.63, 3.8) is 0 Å². The van der Waals surface area contributed by atoms with E-state index in [1.807, 2.05) is 39.0 Å². The van der Waals surface area contributed by atoms with Crippen molar-refractivity contribution >= 4 is 34.8 Å². The second kappa shape index (κ2) is 11.1. The molecule has 1 aliphatic heterocycles. The topological polar surface area (TPSA) is 94.4 Å². The number of hydrogen-bond donors (Lipinski definition) is 1. The molecule has 7 nitrogen and oxygen atoms in total. The Hall–Kier alpha value is -3.52. The van der Waals surface area contributed by atoms with Crippen LogP contribution in [0.15, 0.2) is 57.6 Å². The number of carbonyl (C=O) groups excluding carboxylic acids is 2. The molecule has 0 bridgehead atoms. The lowest BCUT2D eigenvalue weighted by Crippen LogP contribution is -2.14. The van der Waals surface area contributed by atoms with Gasteiger partial charge in [0.2, 0.25) is 0 Å². The summed E-state index contributed by atoms with van der Waals surface area (Å²) in [7, 11) is 1.57. The summed E-state index contributed by atoms with van der Waals surface area (Å²) in [6, 6.07) is 10.7. The van der Waals surface area contributed by atoms with Crippen molar-refractivity contribution in [2.24, 2.45) is 4.99 Å². The Morgan fingerprint density at radius 3 is 2.44 bits per heavy atom. The van der Waals surface area contributed by atoms with Gasteiger partial charge in [-0.25, -0.2) is 9.79 Å². The molecule has 1 heterocycles. The lowest BCUT2D eigenvalue weighted by molar-refractivity contribution is -0.138. The van der Waals surface area contributed by atoms with Gasteiger partial charge in [0.15, 0.2) is 11.5 Å². The van der Waals surface area contributed by atoms with Crippen molar-refractivity contribution < 1.29 is 28.9 Å². The molecule has 0 spiro atoms. The number of aryl methyl sites for hydroxylation is 2. The highest BCUT2D eigenvalue weighted by atomic mass is 32.2. The monoisotopic (exact) mass is 481 g/mol. The Morgan fingerprint density at radius 1 is 1.06 bits per heavy atom.